The summed E-state index contributed by atoms with van der Waals surface area (Å²) in [5.41, 5.74) is 7.75. The molecule has 0 bridgehead atoms. The van der Waals surface area contributed by atoms with Gasteiger partial charge in [0.05, 0.1) is 0 Å². The Morgan fingerprint density at radius 3 is 1.53 bits per heavy atom. The minimum atomic E-state index is 0.158. The van der Waals surface area contributed by atoms with Gasteiger partial charge in [-0.1, -0.05) is 107 Å². The molecule has 174 valence electrons. The first-order chi connectivity index (χ1) is 16.4. The van der Waals surface area contributed by atoms with Gasteiger partial charge in [-0.05, 0) is 51.8 Å². The molecule has 1 heterocycles. The third kappa shape index (κ3) is 6.01. The summed E-state index contributed by atoms with van der Waals surface area (Å²) < 4.78 is 0. The molecule has 1 aliphatic rings. The van der Waals surface area contributed by atoms with Crippen molar-refractivity contribution in [2.45, 2.75) is 46.1 Å². The molecule has 2 heteroatoms. The van der Waals surface area contributed by atoms with Gasteiger partial charge in [0.2, 0.25) is 0 Å². The predicted octanol–water partition coefficient (Wildman–Crippen LogP) is 7.49. The van der Waals surface area contributed by atoms with Gasteiger partial charge in [-0.15, -0.1) is 0 Å². The molecule has 0 unspecified atom stereocenters. The van der Waals surface area contributed by atoms with Crippen LogP contribution in [0.5, 0.6) is 0 Å². The number of hydrogen-bond acceptors (Lipinski definition) is 2. The van der Waals surface area contributed by atoms with Gasteiger partial charge in [0, 0.05) is 30.8 Å². The predicted molar refractivity (Wildman–Crippen MR) is 144 cm³/mol. The van der Waals surface area contributed by atoms with Crippen LogP contribution >= 0.6 is 0 Å². The second kappa shape index (κ2) is 10.8. The monoisotopic (exact) mass is 449 g/mol. The lowest BCUT2D eigenvalue weighted by Gasteiger charge is -2.30. The molecule has 1 saturated heterocycles. The number of carbonyl (C=O) groups is 1. The van der Waals surface area contributed by atoms with Crippen molar-refractivity contribution >= 4 is 17.9 Å². The van der Waals surface area contributed by atoms with Crippen LogP contribution in [0.4, 0.5) is 0 Å². The number of rotatable bonds is 6. The normalized spacial score (nSPS) is 17.3. The van der Waals surface area contributed by atoms with Crippen LogP contribution in [0, 0.1) is 0 Å². The molecule has 0 N–H and O–H groups in total. The van der Waals surface area contributed by atoms with Crippen molar-refractivity contribution in [3.05, 3.63) is 118 Å². The minimum absolute atomic E-state index is 0.158. The molecule has 0 saturated carbocycles. The third-order valence-corrected chi connectivity index (χ3v) is 6.51. The maximum absolute atomic E-state index is 13.5. The van der Waals surface area contributed by atoms with Crippen LogP contribution in [0.2, 0.25) is 0 Å². The highest BCUT2D eigenvalue weighted by atomic mass is 16.1. The average Bonchev–Trinajstić information content (AvgIpc) is 2.83. The van der Waals surface area contributed by atoms with Gasteiger partial charge >= 0.3 is 0 Å². The van der Waals surface area contributed by atoms with Gasteiger partial charge < -0.3 is 0 Å². The van der Waals surface area contributed by atoms with Crippen molar-refractivity contribution in [2.75, 3.05) is 13.1 Å². The SMILES string of the molecule is CC(C)c1ccc(C=C2CN(Cc3ccccc3)CC(=Cc3ccc(C(C)C)cc3)C2=O)cc1. The number of piperidine rings is 1. The highest BCUT2D eigenvalue weighted by Crippen LogP contribution is 2.25. The van der Waals surface area contributed by atoms with Gasteiger partial charge in [-0.2, -0.15) is 0 Å². The van der Waals surface area contributed by atoms with Crippen LogP contribution in [0.3, 0.4) is 0 Å². The van der Waals surface area contributed by atoms with Crippen LogP contribution in [-0.2, 0) is 11.3 Å². The third-order valence-electron chi connectivity index (χ3n) is 6.51. The van der Waals surface area contributed by atoms with Crippen LogP contribution < -0.4 is 0 Å². The molecule has 1 aliphatic heterocycles. The lowest BCUT2D eigenvalue weighted by molar-refractivity contribution is -0.113. The second-order valence-corrected chi connectivity index (χ2v) is 9.94. The molecule has 0 spiro atoms. The summed E-state index contributed by atoms with van der Waals surface area (Å²) in [6.07, 6.45) is 4.14. The van der Waals surface area contributed by atoms with Gasteiger partial charge in [0.1, 0.15) is 0 Å². The number of hydrogen-bond donors (Lipinski definition) is 0. The van der Waals surface area contributed by atoms with E-state index in [1.807, 2.05) is 6.07 Å². The molecule has 4 rings (SSSR count). The topological polar surface area (TPSA) is 20.3 Å². The standard InChI is InChI=1S/C32H35NO/c1-23(2)28-14-10-25(11-15-28)18-30-21-33(20-27-8-6-5-7-9-27)22-31(32(30)34)19-26-12-16-29(17-13-26)24(3)4/h5-19,23-24H,20-22H2,1-4H3. The summed E-state index contributed by atoms with van der Waals surface area (Å²) in [5, 5.41) is 0. The van der Waals surface area contributed by atoms with E-state index in [0.29, 0.717) is 24.9 Å². The smallest absolute Gasteiger partial charge is 0.187 e. The molecular weight excluding hydrogens is 414 g/mol. The molecule has 2 nitrogen and oxygen atoms in total. The zero-order chi connectivity index (χ0) is 24.1. The largest absolute Gasteiger partial charge is 0.290 e. The van der Waals surface area contributed by atoms with Crippen molar-refractivity contribution in [1.29, 1.82) is 0 Å². The molecule has 3 aromatic rings. The molecule has 0 aliphatic carbocycles. The van der Waals surface area contributed by atoms with Gasteiger partial charge in [0.15, 0.2) is 5.78 Å². The zero-order valence-electron chi connectivity index (χ0n) is 20.8. The number of carbonyl (C=O) groups excluding carboxylic acids is 1. The van der Waals surface area contributed by atoms with Crippen LogP contribution in [-0.4, -0.2) is 23.8 Å². The van der Waals surface area contributed by atoms with E-state index in [2.05, 4.69) is 118 Å². The van der Waals surface area contributed by atoms with Crippen molar-refractivity contribution in [3.63, 3.8) is 0 Å². The molecule has 1 fully saturated rings. The van der Waals surface area contributed by atoms with E-state index in [0.717, 1.165) is 28.8 Å². The van der Waals surface area contributed by atoms with Crippen LogP contribution in [0.25, 0.3) is 12.2 Å². The Morgan fingerprint density at radius 1 is 0.676 bits per heavy atom. The van der Waals surface area contributed by atoms with Crippen LogP contribution in [0.1, 0.15) is 67.3 Å². The molecule has 0 radical (unpaired) electrons. The Bertz CT molecular complexity index is 1090. The fourth-order valence-electron chi connectivity index (χ4n) is 4.42. The Kier molecular flexibility index (Phi) is 7.59. The summed E-state index contributed by atoms with van der Waals surface area (Å²) in [5.74, 6) is 1.15. The van der Waals surface area contributed by atoms with E-state index in [9.17, 15) is 4.79 Å². The summed E-state index contributed by atoms with van der Waals surface area (Å²) in [7, 11) is 0. The highest BCUT2D eigenvalue weighted by Gasteiger charge is 2.26. The number of nitrogens with zero attached hydrogens (tertiary/aromatic N) is 1. The number of likely N-dealkylation sites (tertiary alicyclic amines) is 1. The fraction of sp³-hybridized carbons (Fsp3) is 0.281. The van der Waals surface area contributed by atoms with Crippen molar-refractivity contribution in [2.24, 2.45) is 0 Å². The first-order valence-electron chi connectivity index (χ1n) is 12.3. The van der Waals surface area contributed by atoms with Gasteiger partial charge in [-0.25, -0.2) is 0 Å². The Balaban J connectivity index is 1.65. The molecule has 0 aromatic heterocycles. The molecule has 3 aromatic carbocycles. The van der Waals surface area contributed by atoms with Crippen molar-refractivity contribution in [3.8, 4) is 0 Å². The lowest BCUT2D eigenvalue weighted by Crippen LogP contribution is -2.37. The van der Waals surface area contributed by atoms with Crippen molar-refractivity contribution < 1.29 is 4.79 Å². The van der Waals surface area contributed by atoms with E-state index in [1.54, 1.807) is 0 Å². The maximum Gasteiger partial charge on any atom is 0.187 e. The van der Waals surface area contributed by atoms with E-state index in [1.165, 1.54) is 16.7 Å². The van der Waals surface area contributed by atoms with E-state index in [-0.39, 0.29) is 5.78 Å². The number of Topliss-reactive ketones (excluding diaryl/α,β-unsaturated/α-hetero) is 1. The van der Waals surface area contributed by atoms with Crippen molar-refractivity contribution in [1.82, 2.24) is 4.90 Å². The number of ketones is 1. The quantitative estimate of drug-likeness (QED) is 0.363. The highest BCUT2D eigenvalue weighted by molar-refractivity contribution is 6.14. The van der Waals surface area contributed by atoms with Gasteiger partial charge in [0.25, 0.3) is 0 Å². The van der Waals surface area contributed by atoms with Gasteiger partial charge in [-0.3, -0.25) is 9.69 Å². The second-order valence-electron chi connectivity index (χ2n) is 9.94. The molecule has 0 amide bonds. The van der Waals surface area contributed by atoms with E-state index >= 15 is 0 Å². The van der Waals surface area contributed by atoms with E-state index in [4.69, 9.17) is 0 Å². The zero-order valence-corrected chi connectivity index (χ0v) is 20.8. The average molecular weight is 450 g/mol. The first-order valence-corrected chi connectivity index (χ1v) is 12.3. The lowest BCUT2D eigenvalue weighted by atomic mass is 9.93. The maximum atomic E-state index is 13.5. The summed E-state index contributed by atoms with van der Waals surface area (Å²) in [6, 6.07) is 27.7. The Hall–Kier alpha value is -3.23. The Labute approximate surface area is 204 Å². The van der Waals surface area contributed by atoms with E-state index < -0.39 is 0 Å². The number of benzene rings is 3. The fourth-order valence-corrected chi connectivity index (χ4v) is 4.42. The summed E-state index contributed by atoms with van der Waals surface area (Å²) in [6.45, 7) is 10.9. The summed E-state index contributed by atoms with van der Waals surface area (Å²) in [4.78, 5) is 15.9. The molecular formula is C32H35NO. The first kappa shape index (κ1) is 23.9. The molecule has 0 atom stereocenters. The summed E-state index contributed by atoms with van der Waals surface area (Å²) >= 11 is 0. The Morgan fingerprint density at radius 2 is 1.12 bits per heavy atom. The minimum Gasteiger partial charge on any atom is -0.290 e. The van der Waals surface area contributed by atoms with Crippen LogP contribution in [0.15, 0.2) is 90.0 Å². The molecule has 34 heavy (non-hydrogen) atoms.